The van der Waals surface area contributed by atoms with Crippen molar-refractivity contribution in [2.24, 2.45) is 11.8 Å². The van der Waals surface area contributed by atoms with E-state index in [1.165, 1.54) is 19.3 Å². The molecular weight excluding hydrogens is 232 g/mol. The fourth-order valence-corrected chi connectivity index (χ4v) is 3.08. The molecule has 1 amide bonds. The van der Waals surface area contributed by atoms with E-state index in [-0.39, 0.29) is 11.9 Å². The number of fused-ring (bicyclic) bond motifs is 1. The average Bonchev–Trinajstić information content (AvgIpc) is 2.95. The third kappa shape index (κ3) is 3.43. The number of hydrogen-bond donors (Lipinski definition) is 2. The third-order valence-corrected chi connectivity index (χ3v) is 4.01. The van der Waals surface area contributed by atoms with Crippen LogP contribution in [-0.4, -0.2) is 52.0 Å². The Morgan fingerprint density at radius 3 is 3.06 bits per heavy atom. The number of carbonyl (C=O) groups excluding carboxylic acids is 1. The van der Waals surface area contributed by atoms with E-state index in [0.717, 1.165) is 12.5 Å². The molecule has 2 aliphatic rings. The average molecular weight is 256 g/mol. The van der Waals surface area contributed by atoms with Crippen molar-refractivity contribution in [2.45, 2.75) is 25.3 Å². The molecule has 2 rings (SSSR count). The van der Waals surface area contributed by atoms with Crippen molar-refractivity contribution in [2.75, 3.05) is 40.0 Å². The second kappa shape index (κ2) is 7.07. The number of nitrogens with one attached hydrogen (secondary N) is 2. The zero-order valence-corrected chi connectivity index (χ0v) is 11.1. The van der Waals surface area contributed by atoms with Gasteiger partial charge in [0.05, 0.1) is 25.9 Å². The summed E-state index contributed by atoms with van der Waals surface area (Å²) in [6, 6.07) is 0.0245. The summed E-state index contributed by atoms with van der Waals surface area (Å²) in [5.41, 5.74) is 0. The van der Waals surface area contributed by atoms with Crippen LogP contribution in [0.3, 0.4) is 0 Å². The van der Waals surface area contributed by atoms with Crippen LogP contribution in [0.5, 0.6) is 0 Å². The molecule has 1 saturated carbocycles. The zero-order chi connectivity index (χ0) is 12.8. The fraction of sp³-hybridized carbons (Fsp3) is 0.923. The molecule has 1 aliphatic heterocycles. The zero-order valence-electron chi connectivity index (χ0n) is 11.1. The summed E-state index contributed by atoms with van der Waals surface area (Å²) in [4.78, 5) is 12.0. The van der Waals surface area contributed by atoms with Crippen molar-refractivity contribution in [1.29, 1.82) is 0 Å². The Morgan fingerprint density at radius 1 is 1.33 bits per heavy atom. The molecule has 1 heterocycles. The van der Waals surface area contributed by atoms with Crippen LogP contribution in [0.25, 0.3) is 0 Å². The van der Waals surface area contributed by atoms with Crippen molar-refractivity contribution in [3.63, 3.8) is 0 Å². The number of rotatable bonds is 7. The van der Waals surface area contributed by atoms with Crippen LogP contribution in [0.4, 0.5) is 0 Å². The van der Waals surface area contributed by atoms with Crippen LogP contribution in [0, 0.1) is 11.8 Å². The van der Waals surface area contributed by atoms with Gasteiger partial charge in [0.15, 0.2) is 0 Å². The van der Waals surface area contributed by atoms with Gasteiger partial charge in [0, 0.05) is 13.7 Å². The van der Waals surface area contributed by atoms with E-state index in [0.29, 0.717) is 32.3 Å². The topological polar surface area (TPSA) is 59.6 Å². The van der Waals surface area contributed by atoms with E-state index >= 15 is 0 Å². The molecular formula is C13H24N2O3. The lowest BCUT2D eigenvalue weighted by Gasteiger charge is -2.17. The van der Waals surface area contributed by atoms with Crippen LogP contribution < -0.4 is 10.6 Å². The normalized spacial score (nSPS) is 30.4. The van der Waals surface area contributed by atoms with Crippen molar-refractivity contribution >= 4 is 5.91 Å². The highest BCUT2D eigenvalue weighted by atomic mass is 16.5. The summed E-state index contributed by atoms with van der Waals surface area (Å²) in [6.45, 7) is 3.32. The fourth-order valence-electron chi connectivity index (χ4n) is 3.08. The largest absolute Gasteiger partial charge is 0.382 e. The van der Waals surface area contributed by atoms with Crippen molar-refractivity contribution in [3.8, 4) is 0 Å². The molecule has 3 atom stereocenters. The number of ether oxygens (including phenoxy) is 2. The molecule has 1 saturated heterocycles. The van der Waals surface area contributed by atoms with Gasteiger partial charge in [-0.2, -0.15) is 0 Å². The summed E-state index contributed by atoms with van der Waals surface area (Å²) >= 11 is 0. The van der Waals surface area contributed by atoms with Gasteiger partial charge in [-0.05, 0) is 31.2 Å². The Morgan fingerprint density at radius 2 is 2.22 bits per heavy atom. The molecule has 0 aromatic heterocycles. The van der Waals surface area contributed by atoms with E-state index in [1.807, 2.05) is 0 Å². The van der Waals surface area contributed by atoms with E-state index in [4.69, 9.17) is 9.47 Å². The maximum atomic E-state index is 12.0. The van der Waals surface area contributed by atoms with E-state index in [9.17, 15) is 4.79 Å². The summed E-state index contributed by atoms with van der Waals surface area (Å²) in [5, 5.41) is 6.29. The SMILES string of the molecule is COCCOCCNC(=O)C1NCC2CCCC21. The van der Waals surface area contributed by atoms with Gasteiger partial charge in [-0.3, -0.25) is 4.79 Å². The summed E-state index contributed by atoms with van der Waals surface area (Å²) in [6.07, 6.45) is 3.75. The minimum Gasteiger partial charge on any atom is -0.382 e. The van der Waals surface area contributed by atoms with Crippen molar-refractivity contribution in [1.82, 2.24) is 10.6 Å². The quantitative estimate of drug-likeness (QED) is 0.637. The maximum absolute atomic E-state index is 12.0. The lowest BCUT2D eigenvalue weighted by atomic mass is 9.94. The van der Waals surface area contributed by atoms with Gasteiger partial charge in [0.25, 0.3) is 0 Å². The van der Waals surface area contributed by atoms with Gasteiger partial charge in [-0.1, -0.05) is 6.42 Å². The molecule has 0 bridgehead atoms. The molecule has 5 heteroatoms. The number of hydrogen-bond acceptors (Lipinski definition) is 4. The second-order valence-electron chi connectivity index (χ2n) is 5.14. The van der Waals surface area contributed by atoms with Crippen LogP contribution in [-0.2, 0) is 14.3 Å². The molecule has 5 nitrogen and oxygen atoms in total. The first kappa shape index (κ1) is 13.8. The molecule has 0 aromatic carbocycles. The van der Waals surface area contributed by atoms with Crippen LogP contribution in [0.2, 0.25) is 0 Å². The summed E-state index contributed by atoms with van der Waals surface area (Å²) in [5.74, 6) is 1.41. The minimum atomic E-state index is 0.0245. The number of methoxy groups -OCH3 is 1. The van der Waals surface area contributed by atoms with Gasteiger partial charge >= 0.3 is 0 Å². The Bertz CT molecular complexity index is 273. The predicted molar refractivity (Wildman–Crippen MR) is 68.3 cm³/mol. The molecule has 18 heavy (non-hydrogen) atoms. The van der Waals surface area contributed by atoms with Gasteiger partial charge in [-0.25, -0.2) is 0 Å². The van der Waals surface area contributed by atoms with Crippen LogP contribution in [0.1, 0.15) is 19.3 Å². The van der Waals surface area contributed by atoms with Crippen molar-refractivity contribution < 1.29 is 14.3 Å². The molecule has 0 spiro atoms. The Hall–Kier alpha value is -0.650. The van der Waals surface area contributed by atoms with Gasteiger partial charge in [0.2, 0.25) is 5.91 Å². The summed E-state index contributed by atoms with van der Waals surface area (Å²) < 4.78 is 10.2. The Labute approximate surface area is 109 Å². The van der Waals surface area contributed by atoms with Gasteiger partial charge < -0.3 is 20.1 Å². The molecule has 0 radical (unpaired) electrons. The molecule has 2 N–H and O–H groups in total. The Balaban J connectivity index is 1.60. The van der Waals surface area contributed by atoms with Crippen molar-refractivity contribution in [3.05, 3.63) is 0 Å². The molecule has 1 aliphatic carbocycles. The van der Waals surface area contributed by atoms with Crippen LogP contribution >= 0.6 is 0 Å². The number of carbonyl (C=O) groups is 1. The highest BCUT2D eigenvalue weighted by Crippen LogP contribution is 2.37. The lowest BCUT2D eigenvalue weighted by molar-refractivity contribution is -0.124. The van der Waals surface area contributed by atoms with E-state index < -0.39 is 0 Å². The maximum Gasteiger partial charge on any atom is 0.237 e. The van der Waals surface area contributed by atoms with E-state index in [1.54, 1.807) is 7.11 Å². The highest BCUT2D eigenvalue weighted by molar-refractivity contribution is 5.82. The monoisotopic (exact) mass is 256 g/mol. The smallest absolute Gasteiger partial charge is 0.237 e. The minimum absolute atomic E-state index is 0.0245. The first-order valence-corrected chi connectivity index (χ1v) is 6.90. The molecule has 0 aromatic rings. The first-order chi connectivity index (χ1) is 8.83. The van der Waals surface area contributed by atoms with Gasteiger partial charge in [0.1, 0.15) is 0 Å². The standard InChI is InChI=1S/C13H24N2O3/c1-17-7-8-18-6-5-14-13(16)12-11-4-2-3-10(11)9-15-12/h10-12,15H,2-9H2,1H3,(H,14,16). The molecule has 3 unspecified atom stereocenters. The predicted octanol–water partition coefficient (Wildman–Crippen LogP) is 0.154. The van der Waals surface area contributed by atoms with E-state index in [2.05, 4.69) is 10.6 Å². The van der Waals surface area contributed by atoms with Crippen LogP contribution in [0.15, 0.2) is 0 Å². The Kier molecular flexibility index (Phi) is 5.41. The molecule has 2 fully saturated rings. The molecule has 104 valence electrons. The first-order valence-electron chi connectivity index (χ1n) is 6.90. The third-order valence-electron chi connectivity index (χ3n) is 4.01. The van der Waals surface area contributed by atoms with Gasteiger partial charge in [-0.15, -0.1) is 0 Å². The number of amides is 1. The second-order valence-corrected chi connectivity index (χ2v) is 5.14. The highest BCUT2D eigenvalue weighted by Gasteiger charge is 2.42. The summed E-state index contributed by atoms with van der Waals surface area (Å²) in [7, 11) is 1.65. The lowest BCUT2D eigenvalue weighted by Crippen LogP contribution is -2.44.